The third-order valence-corrected chi connectivity index (χ3v) is 4.76. The van der Waals surface area contributed by atoms with E-state index in [1.165, 1.54) is 12.1 Å². The van der Waals surface area contributed by atoms with Crippen LogP contribution in [0.2, 0.25) is 0 Å². The molecule has 0 aromatic heterocycles. The molecule has 0 bridgehead atoms. The minimum absolute atomic E-state index is 0.0561. The van der Waals surface area contributed by atoms with Gasteiger partial charge in [0.25, 0.3) is 0 Å². The molecule has 1 aromatic carbocycles. The Hall–Kier alpha value is -2.04. The number of hydrogen-bond donors (Lipinski definition) is 2. The smallest absolute Gasteiger partial charge is 0.416 e. The highest BCUT2D eigenvalue weighted by molar-refractivity contribution is 5.80. The second-order valence-electron chi connectivity index (χ2n) is 7.35. The number of hydrogen-bond acceptors (Lipinski definition) is 5. The van der Waals surface area contributed by atoms with E-state index in [1.807, 2.05) is 6.92 Å². The van der Waals surface area contributed by atoms with Gasteiger partial charge in [0, 0.05) is 32.7 Å². The molecule has 2 atom stereocenters. The van der Waals surface area contributed by atoms with Crippen molar-refractivity contribution in [2.24, 2.45) is 10.9 Å². The van der Waals surface area contributed by atoms with Gasteiger partial charge in [-0.1, -0.05) is 6.07 Å². The normalized spacial score (nSPS) is 18.3. The molecule has 2 N–H and O–H groups in total. The minimum atomic E-state index is -4.44. The first-order chi connectivity index (χ1) is 14.8. The Morgan fingerprint density at radius 2 is 2.16 bits per heavy atom. The van der Waals surface area contributed by atoms with Crippen molar-refractivity contribution in [1.82, 2.24) is 10.2 Å². The number of nitrogens with one attached hydrogen (secondary N) is 1. The Labute approximate surface area is 181 Å². The zero-order chi connectivity index (χ0) is 22.7. The molecule has 176 valence electrons. The molecule has 1 fully saturated rings. The van der Waals surface area contributed by atoms with Crippen molar-refractivity contribution >= 4 is 5.96 Å². The summed E-state index contributed by atoms with van der Waals surface area (Å²) in [6, 6.07) is 4.59. The fourth-order valence-electron chi connectivity index (χ4n) is 3.18. The van der Waals surface area contributed by atoms with Gasteiger partial charge in [0.1, 0.15) is 18.5 Å². The first-order valence-electron chi connectivity index (χ1n) is 10.4. The maximum absolute atomic E-state index is 12.8. The fraction of sp³-hybridized carbons (Fsp3) is 0.667. The molecule has 7 nitrogen and oxygen atoms in total. The largest absolute Gasteiger partial charge is 0.491 e. The highest BCUT2D eigenvalue weighted by Crippen LogP contribution is 2.31. The van der Waals surface area contributed by atoms with Crippen LogP contribution >= 0.6 is 0 Å². The van der Waals surface area contributed by atoms with Gasteiger partial charge in [-0.2, -0.15) is 13.2 Å². The van der Waals surface area contributed by atoms with Crippen molar-refractivity contribution in [2.45, 2.75) is 25.6 Å². The number of aliphatic hydroxyl groups excluding tert-OH is 1. The molecule has 10 heteroatoms. The number of aliphatic imine (C=N–C) groups is 1. The van der Waals surface area contributed by atoms with Crippen LogP contribution in [0.3, 0.4) is 0 Å². The van der Waals surface area contributed by atoms with Gasteiger partial charge in [-0.15, -0.1) is 0 Å². The van der Waals surface area contributed by atoms with E-state index < -0.39 is 17.8 Å². The Morgan fingerprint density at radius 1 is 1.35 bits per heavy atom. The molecule has 1 aromatic rings. The SMILES string of the molecule is CCNC(=NCC(O)COc1cccc(C(F)(F)F)c1)N1CCC(COCCOC)C1. The third kappa shape index (κ3) is 8.92. The molecule has 1 heterocycles. The average molecular weight is 447 g/mol. The highest BCUT2D eigenvalue weighted by Gasteiger charge is 2.30. The molecule has 0 saturated carbocycles. The van der Waals surface area contributed by atoms with Gasteiger partial charge in [-0.05, 0) is 31.5 Å². The van der Waals surface area contributed by atoms with E-state index in [-0.39, 0.29) is 18.9 Å². The predicted molar refractivity (Wildman–Crippen MR) is 111 cm³/mol. The number of nitrogens with zero attached hydrogens (tertiary/aromatic N) is 2. The number of halogens is 3. The van der Waals surface area contributed by atoms with Crippen LogP contribution in [0.4, 0.5) is 13.2 Å². The lowest BCUT2D eigenvalue weighted by Crippen LogP contribution is -2.41. The number of rotatable bonds is 11. The summed E-state index contributed by atoms with van der Waals surface area (Å²) in [5, 5.41) is 13.4. The Kier molecular flexibility index (Phi) is 10.4. The molecule has 0 radical (unpaired) electrons. The second kappa shape index (κ2) is 12.7. The van der Waals surface area contributed by atoms with E-state index >= 15 is 0 Å². The second-order valence-corrected chi connectivity index (χ2v) is 7.35. The van der Waals surface area contributed by atoms with Crippen LogP contribution in [0.15, 0.2) is 29.3 Å². The van der Waals surface area contributed by atoms with Gasteiger partial charge in [-0.3, -0.25) is 4.99 Å². The van der Waals surface area contributed by atoms with Crippen molar-refractivity contribution in [3.05, 3.63) is 29.8 Å². The van der Waals surface area contributed by atoms with E-state index in [4.69, 9.17) is 14.2 Å². The molecule has 1 aliphatic heterocycles. The van der Waals surface area contributed by atoms with E-state index in [0.717, 1.165) is 31.6 Å². The van der Waals surface area contributed by atoms with Crippen molar-refractivity contribution in [2.75, 3.05) is 59.7 Å². The van der Waals surface area contributed by atoms with Crippen molar-refractivity contribution < 1.29 is 32.5 Å². The van der Waals surface area contributed by atoms with Crippen molar-refractivity contribution in [1.29, 1.82) is 0 Å². The summed E-state index contributed by atoms with van der Waals surface area (Å²) < 4.78 is 54.2. The Bertz CT molecular complexity index is 688. The molecule has 1 saturated heterocycles. The number of methoxy groups -OCH3 is 1. The van der Waals surface area contributed by atoms with E-state index in [0.29, 0.717) is 38.2 Å². The van der Waals surface area contributed by atoms with Crippen LogP contribution < -0.4 is 10.1 Å². The van der Waals surface area contributed by atoms with Gasteiger partial charge < -0.3 is 29.5 Å². The summed E-state index contributed by atoms with van der Waals surface area (Å²) in [5.74, 6) is 1.15. The van der Waals surface area contributed by atoms with Crippen LogP contribution in [0.1, 0.15) is 18.9 Å². The molecule has 0 aliphatic carbocycles. The molecule has 0 spiro atoms. The number of likely N-dealkylation sites (tertiary alicyclic amines) is 1. The Balaban J connectivity index is 1.82. The van der Waals surface area contributed by atoms with Gasteiger partial charge in [0.15, 0.2) is 5.96 Å². The summed E-state index contributed by atoms with van der Waals surface area (Å²) in [5.41, 5.74) is -0.790. The minimum Gasteiger partial charge on any atom is -0.491 e. The van der Waals surface area contributed by atoms with E-state index in [2.05, 4.69) is 15.2 Å². The molecule has 2 rings (SSSR count). The zero-order valence-corrected chi connectivity index (χ0v) is 18.0. The summed E-state index contributed by atoms with van der Waals surface area (Å²) in [6.45, 7) is 6.00. The van der Waals surface area contributed by atoms with Crippen LogP contribution in [0.5, 0.6) is 5.75 Å². The molecule has 2 unspecified atom stereocenters. The lowest BCUT2D eigenvalue weighted by molar-refractivity contribution is -0.137. The summed E-state index contributed by atoms with van der Waals surface area (Å²) >= 11 is 0. The first kappa shape index (κ1) is 25.2. The predicted octanol–water partition coefficient (Wildman–Crippen LogP) is 2.40. The quantitative estimate of drug-likeness (QED) is 0.308. The lowest BCUT2D eigenvalue weighted by Gasteiger charge is -2.22. The van der Waals surface area contributed by atoms with Gasteiger partial charge in [0.05, 0.1) is 31.9 Å². The van der Waals surface area contributed by atoms with Gasteiger partial charge in [0.2, 0.25) is 0 Å². The van der Waals surface area contributed by atoms with Crippen LogP contribution in [0, 0.1) is 5.92 Å². The van der Waals surface area contributed by atoms with Gasteiger partial charge in [-0.25, -0.2) is 0 Å². The molecule has 1 aliphatic rings. The zero-order valence-electron chi connectivity index (χ0n) is 18.0. The maximum Gasteiger partial charge on any atom is 0.416 e. The molecule has 0 amide bonds. The monoisotopic (exact) mass is 447 g/mol. The summed E-state index contributed by atoms with van der Waals surface area (Å²) in [6.07, 6.45) is -4.40. The van der Waals surface area contributed by atoms with Crippen LogP contribution in [-0.4, -0.2) is 81.8 Å². The maximum atomic E-state index is 12.8. The lowest BCUT2D eigenvalue weighted by atomic mass is 10.1. The summed E-state index contributed by atoms with van der Waals surface area (Å²) in [4.78, 5) is 6.59. The third-order valence-electron chi connectivity index (χ3n) is 4.76. The van der Waals surface area contributed by atoms with Crippen molar-refractivity contribution in [3.8, 4) is 5.75 Å². The van der Waals surface area contributed by atoms with E-state index in [1.54, 1.807) is 7.11 Å². The summed E-state index contributed by atoms with van der Waals surface area (Å²) in [7, 11) is 1.64. The fourth-order valence-corrected chi connectivity index (χ4v) is 3.18. The van der Waals surface area contributed by atoms with E-state index in [9.17, 15) is 18.3 Å². The molecular formula is C21H32F3N3O4. The standard InChI is InChI=1S/C21H32F3N3O4/c1-3-25-20(27-8-7-16(13-27)14-30-10-9-29-2)26-12-18(28)15-31-19-6-4-5-17(11-19)21(22,23)24/h4-6,11,16,18,28H,3,7-10,12-15H2,1-2H3,(H,25,26). The average Bonchev–Trinajstić information content (AvgIpc) is 3.21. The first-order valence-corrected chi connectivity index (χ1v) is 10.4. The molecular weight excluding hydrogens is 415 g/mol. The number of aliphatic hydroxyl groups is 1. The van der Waals surface area contributed by atoms with Crippen LogP contribution in [-0.2, 0) is 15.7 Å². The molecule has 31 heavy (non-hydrogen) atoms. The van der Waals surface area contributed by atoms with Gasteiger partial charge >= 0.3 is 6.18 Å². The van der Waals surface area contributed by atoms with Crippen LogP contribution in [0.25, 0.3) is 0 Å². The number of ether oxygens (including phenoxy) is 3. The Morgan fingerprint density at radius 3 is 2.87 bits per heavy atom. The number of benzene rings is 1. The van der Waals surface area contributed by atoms with Crippen molar-refractivity contribution in [3.63, 3.8) is 0 Å². The number of alkyl halides is 3. The topological polar surface area (TPSA) is 75.6 Å². The highest BCUT2D eigenvalue weighted by atomic mass is 19.4. The number of guanidine groups is 1.